The summed E-state index contributed by atoms with van der Waals surface area (Å²) in [5.74, 6) is 0.697. The van der Waals surface area contributed by atoms with Crippen LogP contribution in [0.15, 0.2) is 30.6 Å². The molecular weight excluding hydrogens is 238 g/mol. The van der Waals surface area contributed by atoms with Gasteiger partial charge in [-0.1, -0.05) is 11.6 Å². The topological polar surface area (TPSA) is 80.5 Å². The summed E-state index contributed by atoms with van der Waals surface area (Å²) in [7, 11) is 0. The fourth-order valence-corrected chi connectivity index (χ4v) is 1.78. The van der Waals surface area contributed by atoms with Crippen molar-refractivity contribution in [2.24, 2.45) is 0 Å². The Hall–Kier alpha value is -2.14. The number of nitrogens with one attached hydrogen (secondary N) is 1. The SMILES string of the molecule is Nc1cnc2nc(-c3ccnc(Cl)c3)[nH]c2c1. The maximum absolute atomic E-state index is 5.83. The number of nitrogen functional groups attached to an aromatic ring is 1. The lowest BCUT2D eigenvalue weighted by Crippen LogP contribution is -1.85. The number of nitrogens with zero attached hydrogens (tertiary/aromatic N) is 3. The Balaban J connectivity index is 2.18. The van der Waals surface area contributed by atoms with Gasteiger partial charge < -0.3 is 10.7 Å². The molecule has 0 saturated carbocycles. The number of H-pyrrole nitrogens is 1. The van der Waals surface area contributed by atoms with E-state index in [0.29, 0.717) is 22.3 Å². The van der Waals surface area contributed by atoms with Crippen molar-refractivity contribution >= 4 is 28.5 Å². The molecule has 3 heterocycles. The van der Waals surface area contributed by atoms with Gasteiger partial charge in [0.15, 0.2) is 5.65 Å². The molecule has 0 unspecified atom stereocenters. The number of rotatable bonds is 1. The van der Waals surface area contributed by atoms with E-state index in [-0.39, 0.29) is 0 Å². The third kappa shape index (κ3) is 1.81. The summed E-state index contributed by atoms with van der Waals surface area (Å²) in [4.78, 5) is 15.6. The molecule has 84 valence electrons. The van der Waals surface area contributed by atoms with Gasteiger partial charge >= 0.3 is 0 Å². The number of imidazole rings is 1. The molecule has 5 nitrogen and oxygen atoms in total. The molecule has 0 fully saturated rings. The molecule has 3 N–H and O–H groups in total. The van der Waals surface area contributed by atoms with Crippen LogP contribution < -0.4 is 5.73 Å². The Morgan fingerprint density at radius 3 is 2.94 bits per heavy atom. The lowest BCUT2D eigenvalue weighted by atomic mass is 10.2. The fourth-order valence-electron chi connectivity index (χ4n) is 1.60. The number of nitrogens with two attached hydrogens (primary N) is 1. The van der Waals surface area contributed by atoms with E-state index in [4.69, 9.17) is 17.3 Å². The Morgan fingerprint density at radius 2 is 2.12 bits per heavy atom. The molecule has 3 aromatic rings. The summed E-state index contributed by atoms with van der Waals surface area (Å²) in [6, 6.07) is 5.36. The normalized spacial score (nSPS) is 10.9. The standard InChI is InChI=1S/C11H8ClN5/c12-9-3-6(1-2-14-9)10-16-8-4-7(13)5-15-11(8)17-10/h1-5H,13H2,(H,15,16,17). The maximum Gasteiger partial charge on any atom is 0.178 e. The summed E-state index contributed by atoms with van der Waals surface area (Å²) >= 11 is 5.83. The van der Waals surface area contributed by atoms with Crippen LogP contribution in [0, 0.1) is 0 Å². The average Bonchev–Trinajstić information content (AvgIpc) is 2.72. The van der Waals surface area contributed by atoms with Gasteiger partial charge in [-0.05, 0) is 18.2 Å². The molecule has 0 aliphatic heterocycles. The minimum atomic E-state index is 0.426. The number of halogens is 1. The van der Waals surface area contributed by atoms with Crippen LogP contribution in [0.2, 0.25) is 5.15 Å². The second-order valence-corrected chi connectivity index (χ2v) is 3.98. The van der Waals surface area contributed by atoms with Crippen molar-refractivity contribution in [1.82, 2.24) is 19.9 Å². The number of hydrogen-bond donors (Lipinski definition) is 2. The third-order valence-corrected chi connectivity index (χ3v) is 2.57. The van der Waals surface area contributed by atoms with Gasteiger partial charge in [-0.15, -0.1) is 0 Å². The molecule has 3 rings (SSSR count). The highest BCUT2D eigenvalue weighted by atomic mass is 35.5. The molecule has 0 aromatic carbocycles. The fraction of sp³-hybridized carbons (Fsp3) is 0. The molecule has 0 spiro atoms. The first-order valence-electron chi connectivity index (χ1n) is 4.95. The van der Waals surface area contributed by atoms with Crippen LogP contribution >= 0.6 is 11.6 Å². The zero-order valence-corrected chi connectivity index (χ0v) is 9.44. The molecule has 0 amide bonds. The van der Waals surface area contributed by atoms with Crippen molar-refractivity contribution in [3.05, 3.63) is 35.7 Å². The van der Waals surface area contributed by atoms with Gasteiger partial charge in [0.25, 0.3) is 0 Å². The van der Waals surface area contributed by atoms with E-state index in [9.17, 15) is 0 Å². The Bertz CT molecular complexity index is 691. The van der Waals surface area contributed by atoms with Crippen molar-refractivity contribution < 1.29 is 0 Å². The first-order valence-corrected chi connectivity index (χ1v) is 5.33. The highest BCUT2D eigenvalue weighted by Crippen LogP contribution is 2.21. The van der Waals surface area contributed by atoms with Gasteiger partial charge in [0.05, 0.1) is 17.4 Å². The Kier molecular flexibility index (Phi) is 2.19. The van der Waals surface area contributed by atoms with Gasteiger partial charge in [0, 0.05) is 11.8 Å². The third-order valence-electron chi connectivity index (χ3n) is 2.36. The van der Waals surface area contributed by atoms with E-state index >= 15 is 0 Å². The number of hydrogen-bond acceptors (Lipinski definition) is 4. The van der Waals surface area contributed by atoms with Crippen LogP contribution in [0.4, 0.5) is 5.69 Å². The summed E-state index contributed by atoms with van der Waals surface area (Å²) in [5.41, 5.74) is 8.54. The summed E-state index contributed by atoms with van der Waals surface area (Å²) in [6.45, 7) is 0. The number of aromatic nitrogens is 4. The molecule has 0 aliphatic carbocycles. The Labute approximate surface area is 102 Å². The van der Waals surface area contributed by atoms with Crippen LogP contribution in [-0.2, 0) is 0 Å². The average molecular weight is 246 g/mol. The van der Waals surface area contributed by atoms with E-state index in [0.717, 1.165) is 11.1 Å². The van der Waals surface area contributed by atoms with Gasteiger partial charge in [-0.25, -0.2) is 15.0 Å². The second-order valence-electron chi connectivity index (χ2n) is 3.59. The molecular formula is C11H8ClN5. The number of pyridine rings is 2. The lowest BCUT2D eigenvalue weighted by Gasteiger charge is -1.95. The highest BCUT2D eigenvalue weighted by Gasteiger charge is 2.06. The largest absolute Gasteiger partial charge is 0.397 e. The minimum Gasteiger partial charge on any atom is -0.397 e. The first-order chi connectivity index (χ1) is 8.22. The number of anilines is 1. The molecule has 6 heteroatoms. The molecule has 0 bridgehead atoms. The lowest BCUT2D eigenvalue weighted by molar-refractivity contribution is 1.27. The van der Waals surface area contributed by atoms with Crippen LogP contribution in [0.5, 0.6) is 0 Å². The van der Waals surface area contributed by atoms with Gasteiger partial charge in [-0.2, -0.15) is 0 Å². The molecule has 0 saturated heterocycles. The van der Waals surface area contributed by atoms with E-state index in [1.165, 1.54) is 0 Å². The van der Waals surface area contributed by atoms with Crippen molar-refractivity contribution in [2.45, 2.75) is 0 Å². The smallest absolute Gasteiger partial charge is 0.178 e. The van der Waals surface area contributed by atoms with Crippen LogP contribution in [-0.4, -0.2) is 19.9 Å². The molecule has 0 aliphatic rings. The molecule has 0 atom stereocenters. The summed E-state index contributed by atoms with van der Waals surface area (Å²) in [5, 5.41) is 0.426. The predicted octanol–water partition coefficient (Wildman–Crippen LogP) is 2.26. The summed E-state index contributed by atoms with van der Waals surface area (Å²) in [6.07, 6.45) is 3.21. The zero-order valence-electron chi connectivity index (χ0n) is 8.68. The maximum atomic E-state index is 5.83. The van der Waals surface area contributed by atoms with Crippen LogP contribution in [0.1, 0.15) is 0 Å². The van der Waals surface area contributed by atoms with Crippen molar-refractivity contribution in [3.63, 3.8) is 0 Å². The van der Waals surface area contributed by atoms with Crippen molar-refractivity contribution in [2.75, 3.05) is 5.73 Å². The van der Waals surface area contributed by atoms with E-state index < -0.39 is 0 Å². The summed E-state index contributed by atoms with van der Waals surface area (Å²) < 4.78 is 0. The van der Waals surface area contributed by atoms with Gasteiger partial charge in [-0.3, -0.25) is 0 Å². The number of aromatic amines is 1. The Morgan fingerprint density at radius 1 is 1.24 bits per heavy atom. The number of fused-ring (bicyclic) bond motifs is 1. The zero-order chi connectivity index (χ0) is 11.8. The van der Waals surface area contributed by atoms with E-state index in [2.05, 4.69) is 19.9 Å². The van der Waals surface area contributed by atoms with Crippen LogP contribution in [0.3, 0.4) is 0 Å². The minimum absolute atomic E-state index is 0.426. The monoisotopic (exact) mass is 245 g/mol. The first kappa shape index (κ1) is 10.0. The molecule has 0 radical (unpaired) electrons. The highest BCUT2D eigenvalue weighted by molar-refractivity contribution is 6.29. The predicted molar refractivity (Wildman–Crippen MR) is 66.5 cm³/mol. The van der Waals surface area contributed by atoms with Crippen molar-refractivity contribution in [3.8, 4) is 11.4 Å². The molecule has 17 heavy (non-hydrogen) atoms. The second kappa shape index (κ2) is 3.71. The van der Waals surface area contributed by atoms with Gasteiger partial charge in [0.1, 0.15) is 11.0 Å². The van der Waals surface area contributed by atoms with Crippen LogP contribution in [0.25, 0.3) is 22.6 Å². The molecule has 3 aromatic heterocycles. The van der Waals surface area contributed by atoms with E-state index in [1.54, 1.807) is 24.5 Å². The van der Waals surface area contributed by atoms with Gasteiger partial charge in [0.2, 0.25) is 0 Å². The van der Waals surface area contributed by atoms with Crippen molar-refractivity contribution in [1.29, 1.82) is 0 Å². The quantitative estimate of drug-likeness (QED) is 0.645. The van der Waals surface area contributed by atoms with E-state index in [1.807, 2.05) is 6.07 Å².